The highest BCUT2D eigenvalue weighted by atomic mass is 16.4. The van der Waals surface area contributed by atoms with Gasteiger partial charge in [0.05, 0.1) is 0 Å². The Kier molecular flexibility index (Phi) is 3.60. The maximum Gasteiger partial charge on any atom is 0.303 e. The van der Waals surface area contributed by atoms with Gasteiger partial charge < -0.3 is 9.67 Å². The van der Waals surface area contributed by atoms with E-state index < -0.39 is 5.97 Å². The number of hydrogen-bond donors (Lipinski definition) is 1. The van der Waals surface area contributed by atoms with Gasteiger partial charge in [0.1, 0.15) is 11.3 Å². The Hall–Kier alpha value is -1.91. The molecule has 0 aliphatic carbocycles. The molecular weight excluding hydrogens is 230 g/mol. The lowest BCUT2D eigenvalue weighted by Crippen LogP contribution is -2.11. The van der Waals surface area contributed by atoms with Crippen molar-refractivity contribution >= 4 is 17.1 Å². The number of aromatic nitrogens is 3. The molecule has 0 saturated carbocycles. The number of aryl methyl sites for hydroxylation is 1. The molecular formula is C13H17N3O2. The van der Waals surface area contributed by atoms with Crippen molar-refractivity contribution in [2.24, 2.45) is 5.92 Å². The minimum Gasteiger partial charge on any atom is -0.481 e. The third kappa shape index (κ3) is 2.50. The third-order valence-corrected chi connectivity index (χ3v) is 2.95. The molecule has 1 atom stereocenters. The minimum absolute atomic E-state index is 0.0737. The van der Waals surface area contributed by atoms with Gasteiger partial charge in [-0.3, -0.25) is 4.79 Å². The SMILES string of the molecule is CCn1c(CC(C)CC(=O)O)nc2cccnc21. The lowest BCUT2D eigenvalue weighted by atomic mass is 10.0. The van der Waals surface area contributed by atoms with Crippen LogP contribution in [-0.2, 0) is 17.8 Å². The van der Waals surface area contributed by atoms with Crippen LogP contribution in [0.4, 0.5) is 0 Å². The molecule has 0 fully saturated rings. The molecule has 0 aromatic carbocycles. The van der Waals surface area contributed by atoms with Gasteiger partial charge in [0, 0.05) is 25.6 Å². The molecule has 0 spiro atoms. The molecule has 0 amide bonds. The number of pyridine rings is 1. The van der Waals surface area contributed by atoms with Gasteiger partial charge in [0.15, 0.2) is 5.65 Å². The van der Waals surface area contributed by atoms with E-state index in [2.05, 4.69) is 9.97 Å². The standard InChI is InChI=1S/C13H17N3O2/c1-3-16-11(7-9(2)8-12(17)18)15-10-5-4-6-14-13(10)16/h4-6,9H,3,7-8H2,1-2H3,(H,17,18). The Balaban J connectivity index is 2.30. The van der Waals surface area contributed by atoms with Crippen LogP contribution in [0.15, 0.2) is 18.3 Å². The van der Waals surface area contributed by atoms with Crippen LogP contribution in [-0.4, -0.2) is 25.6 Å². The second kappa shape index (κ2) is 5.16. The summed E-state index contributed by atoms with van der Waals surface area (Å²) in [5, 5.41) is 8.79. The van der Waals surface area contributed by atoms with Gasteiger partial charge in [-0.05, 0) is 25.0 Å². The molecule has 2 rings (SSSR count). The van der Waals surface area contributed by atoms with E-state index in [4.69, 9.17) is 5.11 Å². The average molecular weight is 247 g/mol. The van der Waals surface area contributed by atoms with Crippen molar-refractivity contribution in [3.8, 4) is 0 Å². The van der Waals surface area contributed by atoms with Gasteiger partial charge in [-0.1, -0.05) is 6.92 Å². The highest BCUT2D eigenvalue weighted by Crippen LogP contribution is 2.17. The zero-order chi connectivity index (χ0) is 13.1. The van der Waals surface area contributed by atoms with Gasteiger partial charge in [0.2, 0.25) is 0 Å². The van der Waals surface area contributed by atoms with E-state index in [1.165, 1.54) is 0 Å². The summed E-state index contributed by atoms with van der Waals surface area (Å²) in [6, 6.07) is 3.79. The van der Waals surface area contributed by atoms with E-state index in [1.54, 1.807) is 6.20 Å². The Morgan fingerprint density at radius 3 is 3.00 bits per heavy atom. The van der Waals surface area contributed by atoms with E-state index in [9.17, 15) is 4.79 Å². The van der Waals surface area contributed by atoms with Crippen LogP contribution in [0, 0.1) is 5.92 Å². The molecule has 1 N–H and O–H groups in total. The Bertz CT molecular complexity index is 562. The Labute approximate surface area is 105 Å². The van der Waals surface area contributed by atoms with Crippen LogP contribution < -0.4 is 0 Å². The fourth-order valence-corrected chi connectivity index (χ4v) is 2.18. The van der Waals surface area contributed by atoms with Gasteiger partial charge in [-0.2, -0.15) is 0 Å². The first-order chi connectivity index (χ1) is 8.61. The van der Waals surface area contributed by atoms with Crippen LogP contribution >= 0.6 is 0 Å². The van der Waals surface area contributed by atoms with Gasteiger partial charge in [0.25, 0.3) is 0 Å². The topological polar surface area (TPSA) is 68.0 Å². The molecule has 0 aliphatic rings. The monoisotopic (exact) mass is 247 g/mol. The first-order valence-corrected chi connectivity index (χ1v) is 6.13. The first-order valence-electron chi connectivity index (χ1n) is 6.13. The highest BCUT2D eigenvalue weighted by Gasteiger charge is 2.15. The predicted molar refractivity (Wildman–Crippen MR) is 68.3 cm³/mol. The fourth-order valence-electron chi connectivity index (χ4n) is 2.18. The smallest absolute Gasteiger partial charge is 0.303 e. The van der Waals surface area contributed by atoms with Crippen molar-refractivity contribution in [1.82, 2.24) is 14.5 Å². The number of carboxylic acid groups (broad SMARTS) is 1. The average Bonchev–Trinajstić information content (AvgIpc) is 2.64. The van der Waals surface area contributed by atoms with E-state index in [1.807, 2.05) is 30.5 Å². The molecule has 2 aromatic rings. The maximum absolute atomic E-state index is 10.7. The van der Waals surface area contributed by atoms with Crippen LogP contribution in [0.1, 0.15) is 26.1 Å². The summed E-state index contributed by atoms with van der Waals surface area (Å²) >= 11 is 0. The van der Waals surface area contributed by atoms with E-state index in [0.717, 1.165) is 23.5 Å². The first kappa shape index (κ1) is 12.5. The molecule has 18 heavy (non-hydrogen) atoms. The van der Waals surface area contributed by atoms with Crippen molar-refractivity contribution in [2.45, 2.75) is 33.2 Å². The van der Waals surface area contributed by atoms with Crippen molar-refractivity contribution in [1.29, 1.82) is 0 Å². The molecule has 96 valence electrons. The van der Waals surface area contributed by atoms with Gasteiger partial charge in [-0.15, -0.1) is 0 Å². The summed E-state index contributed by atoms with van der Waals surface area (Å²) in [7, 11) is 0. The number of aliphatic carboxylic acids is 1. The van der Waals surface area contributed by atoms with Crippen LogP contribution in [0.5, 0.6) is 0 Å². The Morgan fingerprint density at radius 1 is 1.56 bits per heavy atom. The van der Waals surface area contributed by atoms with E-state index in [-0.39, 0.29) is 12.3 Å². The summed E-state index contributed by atoms with van der Waals surface area (Å²) in [4.78, 5) is 19.6. The zero-order valence-electron chi connectivity index (χ0n) is 10.6. The predicted octanol–water partition coefficient (Wildman–Crippen LogP) is 2.10. The van der Waals surface area contributed by atoms with Crippen molar-refractivity contribution in [3.63, 3.8) is 0 Å². The molecule has 2 aromatic heterocycles. The summed E-state index contributed by atoms with van der Waals surface area (Å²) in [6.07, 6.45) is 2.58. The Morgan fingerprint density at radius 2 is 2.33 bits per heavy atom. The van der Waals surface area contributed by atoms with Gasteiger partial charge >= 0.3 is 5.97 Å². The number of fused-ring (bicyclic) bond motifs is 1. The highest BCUT2D eigenvalue weighted by molar-refractivity contribution is 5.71. The lowest BCUT2D eigenvalue weighted by molar-refractivity contribution is -0.137. The quantitative estimate of drug-likeness (QED) is 0.878. The molecule has 5 nitrogen and oxygen atoms in total. The maximum atomic E-state index is 10.7. The fraction of sp³-hybridized carbons (Fsp3) is 0.462. The van der Waals surface area contributed by atoms with E-state index >= 15 is 0 Å². The normalized spacial score (nSPS) is 12.8. The number of rotatable bonds is 5. The summed E-state index contributed by atoms with van der Waals surface area (Å²) in [5.41, 5.74) is 1.74. The molecule has 0 aliphatic heterocycles. The number of imidazole rings is 1. The molecule has 2 heterocycles. The second-order valence-corrected chi connectivity index (χ2v) is 4.53. The van der Waals surface area contributed by atoms with Crippen LogP contribution in [0.25, 0.3) is 11.2 Å². The summed E-state index contributed by atoms with van der Waals surface area (Å²) in [5.74, 6) is 0.226. The third-order valence-electron chi connectivity index (χ3n) is 2.95. The van der Waals surface area contributed by atoms with Crippen LogP contribution in [0.2, 0.25) is 0 Å². The molecule has 0 radical (unpaired) electrons. The number of carboxylic acids is 1. The number of nitrogens with zero attached hydrogens (tertiary/aromatic N) is 3. The molecule has 0 saturated heterocycles. The largest absolute Gasteiger partial charge is 0.481 e. The molecule has 0 bridgehead atoms. The van der Waals surface area contributed by atoms with Crippen molar-refractivity contribution < 1.29 is 9.90 Å². The van der Waals surface area contributed by atoms with E-state index in [0.29, 0.717) is 6.42 Å². The molecule has 5 heteroatoms. The summed E-state index contributed by atoms with van der Waals surface area (Å²) < 4.78 is 2.05. The van der Waals surface area contributed by atoms with Crippen molar-refractivity contribution in [3.05, 3.63) is 24.2 Å². The van der Waals surface area contributed by atoms with Crippen LogP contribution in [0.3, 0.4) is 0 Å². The van der Waals surface area contributed by atoms with Gasteiger partial charge in [-0.25, -0.2) is 9.97 Å². The minimum atomic E-state index is -0.764. The number of carbonyl (C=O) groups is 1. The molecule has 1 unspecified atom stereocenters. The zero-order valence-corrected chi connectivity index (χ0v) is 10.6. The second-order valence-electron chi connectivity index (χ2n) is 4.53. The number of hydrogen-bond acceptors (Lipinski definition) is 3. The lowest BCUT2D eigenvalue weighted by Gasteiger charge is -2.09. The van der Waals surface area contributed by atoms with Crippen molar-refractivity contribution in [2.75, 3.05) is 0 Å². The summed E-state index contributed by atoms with van der Waals surface area (Å²) in [6.45, 7) is 4.77.